The van der Waals surface area contributed by atoms with Crippen molar-refractivity contribution in [1.82, 2.24) is 19.7 Å². The lowest BCUT2D eigenvalue weighted by atomic mass is 9.94. The maximum atomic E-state index is 14.2. The van der Waals surface area contributed by atoms with Gasteiger partial charge in [0.25, 0.3) is 0 Å². The fourth-order valence-corrected chi connectivity index (χ4v) is 6.04. The minimum absolute atomic E-state index is 0.117. The summed E-state index contributed by atoms with van der Waals surface area (Å²) in [5.74, 6) is -0.554. The number of carbonyl (C=O) groups excluding carboxylic acids is 1. The summed E-state index contributed by atoms with van der Waals surface area (Å²) >= 11 is 0. The number of imidazole rings is 1. The van der Waals surface area contributed by atoms with Crippen LogP contribution in [0.2, 0.25) is 0 Å². The highest BCUT2D eigenvalue weighted by atomic mass is 19.2. The van der Waals surface area contributed by atoms with E-state index in [4.69, 9.17) is 14.5 Å². The molecule has 9 heteroatoms. The maximum absolute atomic E-state index is 14.2. The number of aromatic nitrogens is 4. The summed E-state index contributed by atoms with van der Waals surface area (Å²) in [5, 5.41) is 4.08. The second kappa shape index (κ2) is 9.36. The van der Waals surface area contributed by atoms with Crippen molar-refractivity contribution in [2.24, 2.45) is 0 Å². The van der Waals surface area contributed by atoms with E-state index in [1.807, 2.05) is 26.1 Å². The van der Waals surface area contributed by atoms with Crippen LogP contribution in [0.1, 0.15) is 80.7 Å². The highest BCUT2D eigenvalue weighted by Crippen LogP contribution is 2.41. The van der Waals surface area contributed by atoms with E-state index in [1.54, 1.807) is 4.90 Å². The fraction of sp³-hybridized carbons (Fsp3) is 0.429. The number of hydrogen-bond acceptors (Lipinski definition) is 5. The zero-order valence-electron chi connectivity index (χ0n) is 21.0. The summed E-state index contributed by atoms with van der Waals surface area (Å²) in [7, 11) is 0. The molecule has 37 heavy (non-hydrogen) atoms. The Labute approximate surface area is 213 Å². The molecule has 6 rings (SSSR count). The van der Waals surface area contributed by atoms with E-state index in [0.29, 0.717) is 30.7 Å². The van der Waals surface area contributed by atoms with Gasteiger partial charge in [-0.1, -0.05) is 24.4 Å². The number of piperidine rings is 1. The molecule has 1 aliphatic carbocycles. The SMILES string of the molecule is Cc1noc(C)c1-c1cnc2c(c1)nc([C@@H]1CCCC(=O)N1c1ccc(F)c(F)c1)n2C1CCCCC1. The van der Waals surface area contributed by atoms with Gasteiger partial charge in [-0.25, -0.2) is 18.7 Å². The van der Waals surface area contributed by atoms with Crippen molar-refractivity contribution in [3.05, 3.63) is 59.4 Å². The second-order valence-corrected chi connectivity index (χ2v) is 10.2. The smallest absolute Gasteiger partial charge is 0.227 e. The van der Waals surface area contributed by atoms with Crippen molar-refractivity contribution in [2.75, 3.05) is 4.90 Å². The molecule has 0 spiro atoms. The van der Waals surface area contributed by atoms with Gasteiger partial charge in [0, 0.05) is 41.5 Å². The van der Waals surface area contributed by atoms with Gasteiger partial charge >= 0.3 is 0 Å². The minimum atomic E-state index is -0.971. The number of fused-ring (bicyclic) bond motifs is 1. The summed E-state index contributed by atoms with van der Waals surface area (Å²) in [6.45, 7) is 3.77. The highest BCUT2D eigenvalue weighted by molar-refractivity contribution is 5.95. The number of hydrogen-bond donors (Lipinski definition) is 0. The van der Waals surface area contributed by atoms with Crippen molar-refractivity contribution in [3.8, 4) is 11.1 Å². The van der Waals surface area contributed by atoms with Gasteiger partial charge in [-0.15, -0.1) is 0 Å². The normalized spacial score (nSPS) is 19.2. The van der Waals surface area contributed by atoms with Crippen molar-refractivity contribution in [1.29, 1.82) is 0 Å². The molecular weight excluding hydrogens is 476 g/mol. The standard InChI is InChI=1S/C28H29F2N5O2/c1-16-26(17(2)37-33-16)18-13-23-27(31-15-18)35(19-7-4-3-5-8-19)28(32-23)24-9-6-10-25(36)34(24)20-11-12-21(29)22(30)14-20/h11-15,19,24H,3-10H2,1-2H3/t24-/m0/s1. The summed E-state index contributed by atoms with van der Waals surface area (Å²) in [6, 6.07) is 5.47. The van der Waals surface area contributed by atoms with Gasteiger partial charge in [-0.3, -0.25) is 4.79 Å². The van der Waals surface area contributed by atoms with Crippen LogP contribution in [0.15, 0.2) is 35.0 Å². The minimum Gasteiger partial charge on any atom is -0.361 e. The van der Waals surface area contributed by atoms with E-state index >= 15 is 0 Å². The number of benzene rings is 1. The lowest BCUT2D eigenvalue weighted by Gasteiger charge is -2.37. The molecule has 1 aliphatic heterocycles. The number of anilines is 1. The first-order chi connectivity index (χ1) is 17.9. The number of nitrogens with zero attached hydrogens (tertiary/aromatic N) is 5. The molecule has 4 aromatic rings. The van der Waals surface area contributed by atoms with Crippen molar-refractivity contribution >= 4 is 22.8 Å². The molecule has 2 fully saturated rings. The summed E-state index contributed by atoms with van der Waals surface area (Å²) < 4.78 is 35.5. The molecule has 0 N–H and O–H groups in total. The van der Waals surface area contributed by atoms with Crippen LogP contribution in [-0.2, 0) is 4.79 Å². The largest absolute Gasteiger partial charge is 0.361 e. The molecular formula is C28H29F2N5O2. The molecule has 2 aliphatic rings. The van der Waals surface area contributed by atoms with Gasteiger partial charge in [0.05, 0.1) is 11.7 Å². The van der Waals surface area contributed by atoms with Crippen LogP contribution in [0, 0.1) is 25.5 Å². The Morgan fingerprint density at radius 1 is 1.00 bits per heavy atom. The van der Waals surface area contributed by atoms with Gasteiger partial charge in [-0.2, -0.15) is 0 Å². The summed E-state index contributed by atoms with van der Waals surface area (Å²) in [6.07, 6.45) is 9.04. The Bertz CT molecular complexity index is 1470. The predicted octanol–water partition coefficient (Wildman–Crippen LogP) is 6.74. The van der Waals surface area contributed by atoms with Crippen molar-refractivity contribution in [2.45, 2.75) is 77.3 Å². The fourth-order valence-electron chi connectivity index (χ4n) is 6.04. The number of rotatable bonds is 4. The Morgan fingerprint density at radius 2 is 1.81 bits per heavy atom. The third-order valence-electron chi connectivity index (χ3n) is 7.75. The Hall–Kier alpha value is -3.62. The van der Waals surface area contributed by atoms with Gasteiger partial charge in [-0.05, 0) is 57.7 Å². The first-order valence-electron chi connectivity index (χ1n) is 13.0. The van der Waals surface area contributed by atoms with Gasteiger partial charge in [0.1, 0.15) is 17.1 Å². The first-order valence-corrected chi connectivity index (χ1v) is 13.0. The summed E-state index contributed by atoms with van der Waals surface area (Å²) in [5.41, 5.74) is 4.43. The molecule has 1 atom stereocenters. The van der Waals surface area contributed by atoms with Crippen molar-refractivity contribution < 1.29 is 18.1 Å². The lowest BCUT2D eigenvalue weighted by Crippen LogP contribution is -2.40. The van der Waals surface area contributed by atoms with Gasteiger partial charge < -0.3 is 14.0 Å². The second-order valence-electron chi connectivity index (χ2n) is 10.2. The third-order valence-corrected chi connectivity index (χ3v) is 7.75. The van der Waals surface area contributed by atoms with Crippen LogP contribution in [0.4, 0.5) is 14.5 Å². The van der Waals surface area contributed by atoms with E-state index in [2.05, 4.69) is 9.72 Å². The zero-order valence-corrected chi connectivity index (χ0v) is 21.0. The topological polar surface area (TPSA) is 77.0 Å². The summed E-state index contributed by atoms with van der Waals surface area (Å²) in [4.78, 5) is 24.8. The zero-order chi connectivity index (χ0) is 25.7. The average Bonchev–Trinajstić information content (AvgIpc) is 3.44. The Balaban J connectivity index is 1.52. The predicted molar refractivity (Wildman–Crippen MR) is 135 cm³/mol. The molecule has 7 nitrogen and oxygen atoms in total. The quantitative estimate of drug-likeness (QED) is 0.307. The van der Waals surface area contributed by atoms with Gasteiger partial charge in [0.2, 0.25) is 5.91 Å². The monoisotopic (exact) mass is 505 g/mol. The highest BCUT2D eigenvalue weighted by Gasteiger charge is 2.36. The molecule has 0 unspecified atom stereocenters. The molecule has 1 amide bonds. The molecule has 1 aromatic carbocycles. The van der Waals surface area contributed by atoms with Crippen LogP contribution in [0.5, 0.6) is 0 Å². The van der Waals surface area contributed by atoms with Crippen LogP contribution in [-0.4, -0.2) is 25.6 Å². The van der Waals surface area contributed by atoms with Crippen molar-refractivity contribution in [3.63, 3.8) is 0 Å². The molecule has 4 heterocycles. The van der Waals surface area contributed by atoms with E-state index in [0.717, 1.165) is 71.6 Å². The van der Waals surface area contributed by atoms with E-state index in [-0.39, 0.29) is 11.9 Å². The van der Waals surface area contributed by atoms with Crippen LogP contribution in [0.25, 0.3) is 22.3 Å². The number of pyridine rings is 1. The maximum Gasteiger partial charge on any atom is 0.227 e. The average molecular weight is 506 g/mol. The number of amides is 1. The first kappa shape index (κ1) is 23.8. The third kappa shape index (κ3) is 4.10. The van der Waals surface area contributed by atoms with Gasteiger partial charge in [0.15, 0.2) is 17.3 Å². The van der Waals surface area contributed by atoms with Crippen LogP contribution >= 0.6 is 0 Å². The Morgan fingerprint density at radius 3 is 2.54 bits per heavy atom. The Kier molecular flexibility index (Phi) is 6.01. The van der Waals surface area contributed by atoms with E-state index in [1.165, 1.54) is 12.5 Å². The number of aryl methyl sites for hydroxylation is 2. The van der Waals surface area contributed by atoms with Crippen LogP contribution in [0.3, 0.4) is 0 Å². The lowest BCUT2D eigenvalue weighted by molar-refractivity contribution is -0.120. The molecule has 1 saturated heterocycles. The molecule has 3 aromatic heterocycles. The molecule has 1 saturated carbocycles. The van der Waals surface area contributed by atoms with E-state index in [9.17, 15) is 13.6 Å². The number of halogens is 2. The molecule has 192 valence electrons. The number of carbonyl (C=O) groups is 1. The molecule has 0 radical (unpaired) electrons. The van der Waals surface area contributed by atoms with E-state index < -0.39 is 17.7 Å². The molecule has 0 bridgehead atoms. The van der Waals surface area contributed by atoms with Crippen LogP contribution < -0.4 is 4.90 Å².